The molecule has 1 aromatic heterocycles. The number of carbonyl (C=O) groups excluding carboxylic acids is 1. The summed E-state index contributed by atoms with van der Waals surface area (Å²) in [6.07, 6.45) is 2.70. The van der Waals surface area contributed by atoms with Crippen molar-refractivity contribution in [3.63, 3.8) is 0 Å². The Hall–Kier alpha value is -2.18. The third-order valence-electron chi connectivity index (χ3n) is 5.00. The fourth-order valence-corrected chi connectivity index (χ4v) is 4.44. The lowest BCUT2D eigenvalue weighted by Crippen LogP contribution is -2.40. The highest BCUT2D eigenvalue weighted by Crippen LogP contribution is 2.31. The Bertz CT molecular complexity index is 843. The van der Waals surface area contributed by atoms with Gasteiger partial charge in [-0.05, 0) is 53.5 Å². The summed E-state index contributed by atoms with van der Waals surface area (Å²) in [7, 11) is 0. The van der Waals surface area contributed by atoms with Crippen molar-refractivity contribution in [2.24, 2.45) is 16.6 Å². The number of piperidine rings is 1. The quantitative estimate of drug-likeness (QED) is 0.869. The van der Waals surface area contributed by atoms with E-state index in [1.165, 1.54) is 5.56 Å². The smallest absolute Gasteiger partial charge is 0.253 e. The van der Waals surface area contributed by atoms with Gasteiger partial charge in [-0.3, -0.25) is 4.79 Å². The monoisotopic (exact) mass is 355 g/mol. The van der Waals surface area contributed by atoms with Crippen molar-refractivity contribution in [3.8, 4) is 0 Å². The van der Waals surface area contributed by atoms with Crippen LogP contribution in [0.4, 0.5) is 5.69 Å². The summed E-state index contributed by atoms with van der Waals surface area (Å²) >= 11 is 1.60. The Morgan fingerprint density at radius 2 is 2.24 bits per heavy atom. The number of aliphatic hydroxyl groups is 1. The number of amides is 1. The number of nitrogens with zero attached hydrogens (tertiary/aromatic N) is 2. The van der Waals surface area contributed by atoms with Gasteiger partial charge in [0.15, 0.2) is 0 Å². The van der Waals surface area contributed by atoms with Crippen LogP contribution in [0, 0.1) is 5.92 Å². The predicted molar refractivity (Wildman–Crippen MR) is 99.7 cm³/mol. The molecule has 0 bridgehead atoms. The summed E-state index contributed by atoms with van der Waals surface area (Å²) < 4.78 is 0. The van der Waals surface area contributed by atoms with Gasteiger partial charge in [0.1, 0.15) is 5.84 Å². The van der Waals surface area contributed by atoms with Crippen LogP contribution in [-0.2, 0) is 6.42 Å². The molecule has 1 unspecified atom stereocenters. The summed E-state index contributed by atoms with van der Waals surface area (Å²) in [6.45, 7) is 1.50. The second-order valence-electron chi connectivity index (χ2n) is 6.73. The number of amidine groups is 1. The minimum atomic E-state index is 0.00809. The van der Waals surface area contributed by atoms with E-state index in [4.69, 9.17) is 5.73 Å². The molecule has 1 saturated heterocycles. The van der Waals surface area contributed by atoms with Crippen LogP contribution in [0.2, 0.25) is 0 Å². The first kappa shape index (κ1) is 16.3. The van der Waals surface area contributed by atoms with E-state index in [2.05, 4.69) is 11.1 Å². The number of carbonyl (C=O) groups is 1. The first-order chi connectivity index (χ1) is 12.2. The molecule has 2 aromatic rings. The largest absolute Gasteiger partial charge is 0.396 e. The van der Waals surface area contributed by atoms with Crippen molar-refractivity contribution in [2.45, 2.75) is 19.3 Å². The maximum Gasteiger partial charge on any atom is 0.253 e. The van der Waals surface area contributed by atoms with Crippen molar-refractivity contribution in [2.75, 3.05) is 19.7 Å². The molecule has 2 aliphatic rings. The minimum Gasteiger partial charge on any atom is -0.396 e. The third-order valence-corrected chi connectivity index (χ3v) is 5.98. The zero-order chi connectivity index (χ0) is 17.4. The number of nitrogens with two attached hydrogens (primary N) is 1. The Labute approximate surface area is 150 Å². The van der Waals surface area contributed by atoms with E-state index in [9.17, 15) is 9.90 Å². The summed E-state index contributed by atoms with van der Waals surface area (Å²) in [4.78, 5) is 20.3. The van der Waals surface area contributed by atoms with Crippen LogP contribution in [0.25, 0.3) is 0 Å². The van der Waals surface area contributed by atoms with Gasteiger partial charge in [0, 0.05) is 31.7 Å². The van der Waals surface area contributed by atoms with Gasteiger partial charge in [0.2, 0.25) is 0 Å². The van der Waals surface area contributed by atoms with Crippen LogP contribution < -0.4 is 5.73 Å². The van der Waals surface area contributed by atoms with Crippen molar-refractivity contribution < 1.29 is 9.90 Å². The molecule has 3 heterocycles. The Kier molecular flexibility index (Phi) is 4.31. The molecule has 1 fully saturated rings. The van der Waals surface area contributed by atoms with Gasteiger partial charge in [0.25, 0.3) is 5.91 Å². The zero-order valence-electron chi connectivity index (χ0n) is 13.9. The molecule has 1 atom stereocenters. The van der Waals surface area contributed by atoms with Gasteiger partial charge in [0.05, 0.1) is 10.6 Å². The highest BCUT2D eigenvalue weighted by molar-refractivity contribution is 7.12. The number of hydrogen-bond acceptors (Lipinski definition) is 5. The number of likely N-dealkylation sites (tertiary alicyclic amines) is 1. The Morgan fingerprint density at radius 3 is 3.08 bits per heavy atom. The van der Waals surface area contributed by atoms with Crippen molar-refractivity contribution >= 4 is 28.8 Å². The average Bonchev–Trinajstić information content (AvgIpc) is 3.06. The van der Waals surface area contributed by atoms with Crippen LogP contribution in [-0.4, -0.2) is 41.4 Å². The SMILES string of the molecule is NC1=Nc2cc(C(=O)N3CCCC(CO)C3)ccc2Cc2ccsc21. The van der Waals surface area contributed by atoms with Crippen molar-refractivity contribution in [1.82, 2.24) is 4.90 Å². The summed E-state index contributed by atoms with van der Waals surface area (Å²) in [5, 5.41) is 11.4. The van der Waals surface area contributed by atoms with E-state index >= 15 is 0 Å². The van der Waals surface area contributed by atoms with Crippen LogP contribution in [0.1, 0.15) is 39.2 Å². The first-order valence-electron chi connectivity index (χ1n) is 8.59. The fourth-order valence-electron chi connectivity index (χ4n) is 3.62. The number of benzene rings is 1. The predicted octanol–water partition coefficient (Wildman–Crippen LogP) is 2.53. The van der Waals surface area contributed by atoms with Crippen molar-refractivity contribution in [3.05, 3.63) is 51.2 Å². The van der Waals surface area contributed by atoms with Gasteiger partial charge in [-0.2, -0.15) is 0 Å². The van der Waals surface area contributed by atoms with E-state index in [0.29, 0.717) is 17.9 Å². The lowest BCUT2D eigenvalue weighted by Gasteiger charge is -2.32. The van der Waals surface area contributed by atoms with E-state index in [0.717, 1.165) is 41.9 Å². The van der Waals surface area contributed by atoms with Crippen LogP contribution in [0.3, 0.4) is 0 Å². The van der Waals surface area contributed by atoms with Crippen LogP contribution in [0.15, 0.2) is 34.6 Å². The van der Waals surface area contributed by atoms with Gasteiger partial charge in [-0.1, -0.05) is 6.07 Å². The molecule has 0 saturated carbocycles. The zero-order valence-corrected chi connectivity index (χ0v) is 14.8. The number of aliphatic hydroxyl groups excluding tert-OH is 1. The minimum absolute atomic E-state index is 0.00809. The summed E-state index contributed by atoms with van der Waals surface area (Å²) in [5.74, 6) is 0.712. The fraction of sp³-hybridized carbons (Fsp3) is 0.368. The Morgan fingerprint density at radius 1 is 1.36 bits per heavy atom. The molecule has 5 nitrogen and oxygen atoms in total. The number of fused-ring (bicyclic) bond motifs is 2. The second-order valence-corrected chi connectivity index (χ2v) is 7.65. The summed E-state index contributed by atoms with van der Waals surface area (Å²) in [5.41, 5.74) is 9.84. The van der Waals surface area contributed by atoms with E-state index < -0.39 is 0 Å². The number of rotatable bonds is 2. The average molecular weight is 355 g/mol. The van der Waals surface area contributed by atoms with E-state index in [-0.39, 0.29) is 18.4 Å². The van der Waals surface area contributed by atoms with Crippen molar-refractivity contribution in [1.29, 1.82) is 0 Å². The number of hydrogen-bond donors (Lipinski definition) is 2. The molecule has 1 amide bonds. The molecular weight excluding hydrogens is 334 g/mol. The van der Waals surface area contributed by atoms with Crippen LogP contribution in [0.5, 0.6) is 0 Å². The molecule has 0 radical (unpaired) electrons. The molecule has 0 spiro atoms. The highest BCUT2D eigenvalue weighted by atomic mass is 32.1. The number of thiophene rings is 1. The van der Waals surface area contributed by atoms with Crippen LogP contribution >= 0.6 is 11.3 Å². The Balaban J connectivity index is 1.63. The molecule has 130 valence electrons. The first-order valence-corrected chi connectivity index (χ1v) is 9.47. The topological polar surface area (TPSA) is 78.9 Å². The standard InChI is InChI=1S/C19H21N3O2S/c20-18-17-14(5-7-25-17)8-13-3-4-15(9-16(13)21-18)19(24)22-6-1-2-12(10-22)11-23/h3-5,7,9,12,23H,1-2,6,8,10-11H2,(H2,20,21). The molecule has 0 aliphatic carbocycles. The summed E-state index contributed by atoms with van der Waals surface area (Å²) in [6, 6.07) is 7.80. The molecule has 2 aliphatic heterocycles. The molecular formula is C19H21N3O2S. The normalized spacial score (nSPS) is 19.6. The third kappa shape index (κ3) is 3.07. The lowest BCUT2D eigenvalue weighted by molar-refractivity contribution is 0.0620. The number of aliphatic imine (C=N–C) groups is 1. The van der Waals surface area contributed by atoms with Gasteiger partial charge >= 0.3 is 0 Å². The maximum absolute atomic E-state index is 12.8. The molecule has 3 N–H and O–H groups in total. The molecule has 1 aromatic carbocycles. The van der Waals surface area contributed by atoms with Gasteiger partial charge in [-0.25, -0.2) is 4.99 Å². The van der Waals surface area contributed by atoms with E-state index in [1.54, 1.807) is 11.3 Å². The van der Waals surface area contributed by atoms with Gasteiger partial charge in [-0.15, -0.1) is 11.3 Å². The lowest BCUT2D eigenvalue weighted by atomic mass is 9.97. The molecule has 4 rings (SSSR count). The molecule has 25 heavy (non-hydrogen) atoms. The molecule has 6 heteroatoms. The second kappa shape index (κ2) is 6.61. The van der Waals surface area contributed by atoms with Gasteiger partial charge < -0.3 is 15.7 Å². The maximum atomic E-state index is 12.8. The van der Waals surface area contributed by atoms with E-state index in [1.807, 2.05) is 28.5 Å². The highest BCUT2D eigenvalue weighted by Gasteiger charge is 2.25.